The largest absolute Gasteiger partial charge is 0.390 e. The zero-order valence-electron chi connectivity index (χ0n) is 8.82. The SMILES string of the molecule is C=CCCCCCC(CC(F)(F)F)NN. The number of nitrogens with one attached hydrogen (secondary N) is 1. The van der Waals surface area contributed by atoms with Crippen LogP contribution in [-0.4, -0.2) is 12.2 Å². The summed E-state index contributed by atoms with van der Waals surface area (Å²) in [5, 5.41) is 0. The van der Waals surface area contributed by atoms with Gasteiger partial charge in [-0.05, 0) is 19.3 Å². The van der Waals surface area contributed by atoms with Gasteiger partial charge in [0.2, 0.25) is 0 Å². The Morgan fingerprint density at radius 1 is 1.27 bits per heavy atom. The Morgan fingerprint density at radius 2 is 1.93 bits per heavy atom. The molecule has 0 bridgehead atoms. The summed E-state index contributed by atoms with van der Waals surface area (Å²) in [4.78, 5) is 0. The molecule has 0 aromatic carbocycles. The summed E-state index contributed by atoms with van der Waals surface area (Å²) in [6.45, 7) is 3.58. The fraction of sp³-hybridized carbons (Fsp3) is 0.800. The average molecular weight is 224 g/mol. The third-order valence-electron chi connectivity index (χ3n) is 2.17. The molecule has 0 fully saturated rings. The van der Waals surface area contributed by atoms with Crippen LogP contribution in [0.15, 0.2) is 12.7 Å². The van der Waals surface area contributed by atoms with E-state index in [4.69, 9.17) is 5.84 Å². The third-order valence-corrected chi connectivity index (χ3v) is 2.17. The monoisotopic (exact) mass is 224 g/mol. The molecule has 90 valence electrons. The van der Waals surface area contributed by atoms with Crippen LogP contribution in [0.3, 0.4) is 0 Å². The molecule has 0 amide bonds. The van der Waals surface area contributed by atoms with Crippen LogP contribution in [0.2, 0.25) is 0 Å². The minimum absolute atomic E-state index is 0.465. The van der Waals surface area contributed by atoms with E-state index in [9.17, 15) is 13.2 Å². The maximum absolute atomic E-state index is 12.0. The molecule has 0 aliphatic rings. The Morgan fingerprint density at radius 3 is 2.40 bits per heavy atom. The first-order valence-electron chi connectivity index (χ1n) is 5.13. The maximum atomic E-state index is 12.0. The van der Waals surface area contributed by atoms with Crippen LogP contribution in [0.25, 0.3) is 0 Å². The molecule has 1 atom stereocenters. The van der Waals surface area contributed by atoms with Crippen LogP contribution in [0.4, 0.5) is 13.2 Å². The quantitative estimate of drug-likeness (QED) is 0.288. The number of hydrazine groups is 1. The molecule has 0 rings (SSSR count). The van der Waals surface area contributed by atoms with Crippen molar-refractivity contribution in [2.45, 2.75) is 50.7 Å². The van der Waals surface area contributed by atoms with Gasteiger partial charge < -0.3 is 0 Å². The molecule has 0 saturated heterocycles. The van der Waals surface area contributed by atoms with E-state index >= 15 is 0 Å². The second kappa shape index (κ2) is 7.70. The molecule has 15 heavy (non-hydrogen) atoms. The first-order valence-corrected chi connectivity index (χ1v) is 5.13. The lowest BCUT2D eigenvalue weighted by atomic mass is 10.0. The van der Waals surface area contributed by atoms with Gasteiger partial charge in [-0.2, -0.15) is 13.2 Å². The lowest BCUT2D eigenvalue weighted by molar-refractivity contribution is -0.140. The molecular formula is C10H19F3N2. The second-order valence-electron chi connectivity index (χ2n) is 3.61. The Kier molecular flexibility index (Phi) is 7.42. The van der Waals surface area contributed by atoms with Crippen LogP contribution in [0.1, 0.15) is 38.5 Å². The van der Waals surface area contributed by atoms with Crippen molar-refractivity contribution >= 4 is 0 Å². The van der Waals surface area contributed by atoms with E-state index in [2.05, 4.69) is 12.0 Å². The lowest BCUT2D eigenvalue weighted by Crippen LogP contribution is -2.38. The highest BCUT2D eigenvalue weighted by atomic mass is 19.4. The smallest absolute Gasteiger partial charge is 0.271 e. The zero-order valence-corrected chi connectivity index (χ0v) is 8.82. The van der Waals surface area contributed by atoms with E-state index in [1.54, 1.807) is 0 Å². The van der Waals surface area contributed by atoms with Crippen molar-refractivity contribution < 1.29 is 13.2 Å². The molecule has 0 aromatic heterocycles. The minimum Gasteiger partial charge on any atom is -0.271 e. The fourth-order valence-corrected chi connectivity index (χ4v) is 1.38. The van der Waals surface area contributed by atoms with E-state index < -0.39 is 18.6 Å². The van der Waals surface area contributed by atoms with Crippen LogP contribution in [0.5, 0.6) is 0 Å². The van der Waals surface area contributed by atoms with E-state index in [-0.39, 0.29) is 0 Å². The standard InChI is InChI=1S/C10H19F3N2/c1-2-3-4-5-6-7-9(15-14)8-10(11,12)13/h2,9,15H,1,3-8,14H2. The minimum atomic E-state index is -4.14. The highest BCUT2D eigenvalue weighted by Crippen LogP contribution is 2.23. The van der Waals surface area contributed by atoms with Gasteiger partial charge in [-0.25, -0.2) is 0 Å². The predicted octanol–water partition coefficient (Wildman–Crippen LogP) is 2.91. The number of halogens is 3. The summed E-state index contributed by atoms with van der Waals surface area (Å²) in [5.74, 6) is 5.05. The van der Waals surface area contributed by atoms with E-state index in [0.29, 0.717) is 6.42 Å². The Labute approximate surface area is 88.7 Å². The first-order chi connectivity index (χ1) is 6.99. The molecule has 0 aliphatic heterocycles. The highest BCUT2D eigenvalue weighted by molar-refractivity contribution is 4.69. The van der Waals surface area contributed by atoms with Crippen molar-refractivity contribution in [3.63, 3.8) is 0 Å². The Hall–Kier alpha value is -0.550. The van der Waals surface area contributed by atoms with Crippen molar-refractivity contribution in [1.82, 2.24) is 5.43 Å². The first kappa shape index (κ1) is 14.5. The number of hydrogen-bond acceptors (Lipinski definition) is 2. The van der Waals surface area contributed by atoms with Crippen molar-refractivity contribution in [3.8, 4) is 0 Å². The molecule has 0 saturated carbocycles. The number of unbranched alkanes of at least 4 members (excludes halogenated alkanes) is 3. The van der Waals surface area contributed by atoms with Gasteiger partial charge in [0.05, 0.1) is 6.42 Å². The normalized spacial score (nSPS) is 13.9. The Balaban J connectivity index is 3.57. The molecule has 1 unspecified atom stereocenters. The predicted molar refractivity (Wildman–Crippen MR) is 55.1 cm³/mol. The van der Waals surface area contributed by atoms with Gasteiger partial charge >= 0.3 is 6.18 Å². The summed E-state index contributed by atoms with van der Waals surface area (Å²) >= 11 is 0. The van der Waals surface area contributed by atoms with Crippen LogP contribution in [-0.2, 0) is 0 Å². The molecule has 0 aromatic rings. The summed E-state index contributed by atoms with van der Waals surface area (Å²) in [6.07, 6.45) is 0.859. The third kappa shape index (κ3) is 9.75. The average Bonchev–Trinajstić information content (AvgIpc) is 2.14. The summed E-state index contributed by atoms with van der Waals surface area (Å²) < 4.78 is 36.0. The van der Waals surface area contributed by atoms with Gasteiger partial charge in [-0.15, -0.1) is 6.58 Å². The van der Waals surface area contributed by atoms with Crippen LogP contribution in [0, 0.1) is 0 Å². The zero-order chi connectivity index (χ0) is 11.7. The van der Waals surface area contributed by atoms with Gasteiger partial charge in [0, 0.05) is 6.04 Å². The van der Waals surface area contributed by atoms with Gasteiger partial charge in [-0.3, -0.25) is 11.3 Å². The molecule has 0 aliphatic carbocycles. The highest BCUT2D eigenvalue weighted by Gasteiger charge is 2.30. The topological polar surface area (TPSA) is 38.0 Å². The summed E-state index contributed by atoms with van der Waals surface area (Å²) in [7, 11) is 0. The lowest BCUT2D eigenvalue weighted by Gasteiger charge is -2.17. The fourth-order valence-electron chi connectivity index (χ4n) is 1.38. The maximum Gasteiger partial charge on any atom is 0.390 e. The number of hydrogen-bond donors (Lipinski definition) is 2. The van der Waals surface area contributed by atoms with E-state index in [1.807, 2.05) is 6.08 Å². The van der Waals surface area contributed by atoms with Gasteiger partial charge in [0.15, 0.2) is 0 Å². The second-order valence-corrected chi connectivity index (χ2v) is 3.61. The molecular weight excluding hydrogens is 205 g/mol. The molecule has 0 spiro atoms. The molecule has 0 heterocycles. The van der Waals surface area contributed by atoms with Gasteiger partial charge in [-0.1, -0.05) is 18.9 Å². The van der Waals surface area contributed by atoms with Gasteiger partial charge in [0.1, 0.15) is 0 Å². The summed E-state index contributed by atoms with van der Waals surface area (Å²) in [5.41, 5.74) is 2.21. The van der Waals surface area contributed by atoms with Crippen LogP contribution < -0.4 is 11.3 Å². The molecule has 3 N–H and O–H groups in total. The number of rotatable bonds is 8. The molecule has 0 radical (unpaired) electrons. The number of nitrogens with two attached hydrogens (primary N) is 1. The molecule has 2 nitrogen and oxygen atoms in total. The number of allylic oxidation sites excluding steroid dienone is 1. The van der Waals surface area contributed by atoms with Crippen molar-refractivity contribution in [2.24, 2.45) is 5.84 Å². The molecule has 5 heteroatoms. The van der Waals surface area contributed by atoms with Crippen molar-refractivity contribution in [1.29, 1.82) is 0 Å². The van der Waals surface area contributed by atoms with E-state index in [0.717, 1.165) is 25.7 Å². The van der Waals surface area contributed by atoms with Crippen LogP contribution >= 0.6 is 0 Å². The number of alkyl halides is 3. The van der Waals surface area contributed by atoms with Gasteiger partial charge in [0.25, 0.3) is 0 Å². The van der Waals surface area contributed by atoms with Crippen molar-refractivity contribution in [3.05, 3.63) is 12.7 Å². The summed E-state index contributed by atoms with van der Waals surface area (Å²) in [6, 6.07) is -0.659. The Bertz CT molecular complexity index is 169. The van der Waals surface area contributed by atoms with Crippen molar-refractivity contribution in [2.75, 3.05) is 0 Å². The van der Waals surface area contributed by atoms with E-state index in [1.165, 1.54) is 0 Å².